The number of aromatic hydroxyl groups is 1. The average Bonchev–Trinajstić information content (AvgIpc) is 2.72. The zero-order chi connectivity index (χ0) is 23.0. The van der Waals surface area contributed by atoms with E-state index in [4.69, 9.17) is 9.94 Å². The maximum Gasteiger partial charge on any atom is 0.412 e. The Labute approximate surface area is 203 Å². The van der Waals surface area contributed by atoms with Crippen LogP contribution in [0.25, 0.3) is 0 Å². The van der Waals surface area contributed by atoms with E-state index < -0.39 is 23.5 Å². The quantitative estimate of drug-likeness (QED) is 0.130. The molecule has 0 aliphatic heterocycles. The third kappa shape index (κ3) is 7.82. The van der Waals surface area contributed by atoms with Crippen LogP contribution in [0.4, 0.5) is 10.5 Å². The van der Waals surface area contributed by atoms with Gasteiger partial charge in [0.1, 0.15) is 11.9 Å². The first kappa shape index (κ1) is 25.2. The number of phenolic OH excluding ortho intramolecular Hbond substituents is 1. The van der Waals surface area contributed by atoms with Crippen LogP contribution < -0.4 is 10.8 Å². The standard InChI is InChI=1S/C22H24BrIN2O5/c1-22(2,12-4-3-5-19(28)26-30)20(17-13-15(24)8-11-18(17)27)31-21(29)25-16-9-6-14(23)7-10-16/h3,5-11,13,20,27,30H,4,12H2,1-2H3,(H,25,29)(H,26,28)/b5-3+/t20-/m1/s1. The van der Waals surface area contributed by atoms with Crippen LogP contribution in [0.15, 0.2) is 59.1 Å². The molecule has 0 aromatic heterocycles. The van der Waals surface area contributed by atoms with Gasteiger partial charge in [0, 0.05) is 30.8 Å². The summed E-state index contributed by atoms with van der Waals surface area (Å²) in [6.07, 6.45) is 2.50. The van der Waals surface area contributed by atoms with E-state index in [1.807, 2.05) is 13.8 Å². The van der Waals surface area contributed by atoms with Crippen molar-refractivity contribution in [3.8, 4) is 5.75 Å². The monoisotopic (exact) mass is 602 g/mol. The van der Waals surface area contributed by atoms with Crippen molar-refractivity contribution in [1.82, 2.24) is 5.48 Å². The molecule has 31 heavy (non-hydrogen) atoms. The van der Waals surface area contributed by atoms with Crippen LogP contribution >= 0.6 is 38.5 Å². The minimum absolute atomic E-state index is 0.0325. The van der Waals surface area contributed by atoms with Crippen LogP contribution in [0.2, 0.25) is 0 Å². The predicted molar refractivity (Wildman–Crippen MR) is 130 cm³/mol. The maximum absolute atomic E-state index is 12.7. The van der Waals surface area contributed by atoms with Crippen LogP contribution in [0.3, 0.4) is 0 Å². The highest BCUT2D eigenvalue weighted by Gasteiger charge is 2.35. The molecule has 166 valence electrons. The summed E-state index contributed by atoms with van der Waals surface area (Å²) in [5, 5.41) is 21.7. The Kier molecular flexibility index (Phi) is 9.32. The number of nitrogens with one attached hydrogen (secondary N) is 2. The molecule has 0 unspecified atom stereocenters. The Hall–Kier alpha value is -2.11. The Morgan fingerprint density at radius 2 is 1.90 bits per heavy atom. The van der Waals surface area contributed by atoms with E-state index in [2.05, 4.69) is 43.8 Å². The van der Waals surface area contributed by atoms with Gasteiger partial charge in [-0.1, -0.05) is 35.9 Å². The van der Waals surface area contributed by atoms with Gasteiger partial charge in [0.15, 0.2) is 0 Å². The molecular weight excluding hydrogens is 579 g/mol. The second-order valence-electron chi connectivity index (χ2n) is 7.53. The fourth-order valence-electron chi connectivity index (χ4n) is 2.98. The van der Waals surface area contributed by atoms with Gasteiger partial charge in [-0.3, -0.25) is 15.3 Å². The Bertz CT molecular complexity index is 947. The normalized spacial score (nSPS) is 12.4. The number of hydrogen-bond acceptors (Lipinski definition) is 5. The molecule has 0 fully saturated rings. The fourth-order valence-corrected chi connectivity index (χ4v) is 3.76. The molecule has 1 atom stereocenters. The molecule has 4 N–H and O–H groups in total. The molecule has 0 radical (unpaired) electrons. The minimum Gasteiger partial charge on any atom is -0.508 e. The molecule has 0 saturated carbocycles. The molecule has 9 heteroatoms. The summed E-state index contributed by atoms with van der Waals surface area (Å²) in [6.45, 7) is 3.84. The predicted octanol–water partition coefficient (Wildman–Crippen LogP) is 5.92. The van der Waals surface area contributed by atoms with Gasteiger partial charge in [0.2, 0.25) is 0 Å². The first-order valence-electron chi connectivity index (χ1n) is 9.44. The van der Waals surface area contributed by atoms with E-state index in [-0.39, 0.29) is 5.75 Å². The van der Waals surface area contributed by atoms with E-state index in [0.717, 1.165) is 8.04 Å². The number of allylic oxidation sites excluding steroid dienone is 1. The molecule has 2 aromatic rings. The number of benzene rings is 2. The molecule has 2 aromatic carbocycles. The summed E-state index contributed by atoms with van der Waals surface area (Å²) in [5.41, 5.74) is 2.03. The molecular formula is C22H24BrIN2O5. The van der Waals surface area contributed by atoms with E-state index in [1.54, 1.807) is 48.5 Å². The van der Waals surface area contributed by atoms with Crippen molar-refractivity contribution in [1.29, 1.82) is 0 Å². The van der Waals surface area contributed by atoms with Gasteiger partial charge in [0.25, 0.3) is 5.91 Å². The van der Waals surface area contributed by atoms with Gasteiger partial charge in [-0.25, -0.2) is 10.3 Å². The number of hydrogen-bond donors (Lipinski definition) is 4. The SMILES string of the molecule is CC(C)(CC/C=C/C(=O)NO)[C@H](OC(=O)Nc1ccc(Br)cc1)c1cc(I)ccc1O. The van der Waals surface area contributed by atoms with Gasteiger partial charge >= 0.3 is 6.09 Å². The van der Waals surface area contributed by atoms with Crippen molar-refractivity contribution in [3.05, 3.63) is 68.2 Å². The number of amides is 2. The number of carbonyl (C=O) groups is 2. The van der Waals surface area contributed by atoms with Gasteiger partial charge in [-0.15, -0.1) is 0 Å². The summed E-state index contributed by atoms with van der Waals surface area (Å²) in [7, 11) is 0. The number of halogens is 2. The summed E-state index contributed by atoms with van der Waals surface area (Å²) >= 11 is 5.48. The van der Waals surface area contributed by atoms with Crippen LogP contribution in [-0.2, 0) is 9.53 Å². The summed E-state index contributed by atoms with van der Waals surface area (Å²) in [6, 6.07) is 12.2. The fraction of sp³-hybridized carbons (Fsp3) is 0.273. The lowest BCUT2D eigenvalue weighted by Crippen LogP contribution is -2.29. The van der Waals surface area contributed by atoms with Crippen LogP contribution in [0.1, 0.15) is 38.4 Å². The lowest BCUT2D eigenvalue weighted by Gasteiger charge is -2.34. The zero-order valence-corrected chi connectivity index (χ0v) is 20.8. The van der Waals surface area contributed by atoms with Crippen LogP contribution in [-0.4, -0.2) is 22.3 Å². The van der Waals surface area contributed by atoms with Gasteiger partial charge in [-0.05, 0) is 77.9 Å². The molecule has 2 amide bonds. The molecule has 0 aliphatic carbocycles. The van der Waals surface area contributed by atoms with Crippen molar-refractivity contribution in [2.24, 2.45) is 5.41 Å². The third-order valence-electron chi connectivity index (χ3n) is 4.63. The van der Waals surface area contributed by atoms with Crippen LogP contribution in [0.5, 0.6) is 5.75 Å². The Morgan fingerprint density at radius 1 is 1.23 bits per heavy atom. The van der Waals surface area contributed by atoms with Crippen molar-refractivity contribution in [2.75, 3.05) is 5.32 Å². The van der Waals surface area contributed by atoms with Crippen molar-refractivity contribution < 1.29 is 24.6 Å². The van der Waals surface area contributed by atoms with Crippen molar-refractivity contribution in [2.45, 2.75) is 32.8 Å². The number of hydroxylamine groups is 1. The number of ether oxygens (including phenoxy) is 1. The first-order valence-corrected chi connectivity index (χ1v) is 11.3. The molecule has 2 rings (SSSR count). The lowest BCUT2D eigenvalue weighted by atomic mass is 9.78. The van der Waals surface area contributed by atoms with Crippen molar-refractivity contribution >= 4 is 56.2 Å². The Balaban J connectivity index is 2.24. The topological polar surface area (TPSA) is 108 Å². The highest BCUT2D eigenvalue weighted by atomic mass is 127. The van der Waals surface area contributed by atoms with E-state index >= 15 is 0 Å². The number of carbonyl (C=O) groups excluding carboxylic acids is 2. The average molecular weight is 603 g/mol. The zero-order valence-electron chi connectivity index (χ0n) is 17.1. The maximum atomic E-state index is 12.7. The number of phenols is 1. The smallest absolute Gasteiger partial charge is 0.412 e. The van der Waals surface area contributed by atoms with Crippen molar-refractivity contribution in [3.63, 3.8) is 0 Å². The van der Waals surface area contributed by atoms with E-state index in [0.29, 0.717) is 24.1 Å². The molecule has 0 saturated heterocycles. The minimum atomic E-state index is -0.752. The van der Waals surface area contributed by atoms with Crippen LogP contribution in [0, 0.1) is 8.99 Å². The molecule has 0 spiro atoms. The molecule has 0 heterocycles. The third-order valence-corrected chi connectivity index (χ3v) is 5.83. The van der Waals surface area contributed by atoms with E-state index in [1.165, 1.54) is 11.6 Å². The second-order valence-corrected chi connectivity index (χ2v) is 9.69. The van der Waals surface area contributed by atoms with E-state index in [9.17, 15) is 14.7 Å². The molecule has 0 aliphatic rings. The second kappa shape index (κ2) is 11.5. The van der Waals surface area contributed by atoms with Gasteiger partial charge in [-0.2, -0.15) is 0 Å². The summed E-state index contributed by atoms with van der Waals surface area (Å²) in [5.74, 6) is -0.583. The highest BCUT2D eigenvalue weighted by Crippen LogP contribution is 2.44. The van der Waals surface area contributed by atoms with Gasteiger partial charge < -0.3 is 9.84 Å². The first-order chi connectivity index (χ1) is 14.6. The summed E-state index contributed by atoms with van der Waals surface area (Å²) < 4.78 is 7.58. The number of rotatable bonds is 8. The lowest BCUT2D eigenvalue weighted by molar-refractivity contribution is -0.124. The highest BCUT2D eigenvalue weighted by molar-refractivity contribution is 14.1. The summed E-state index contributed by atoms with van der Waals surface area (Å²) in [4.78, 5) is 23.8. The molecule has 7 nitrogen and oxygen atoms in total. The number of anilines is 1. The largest absolute Gasteiger partial charge is 0.508 e. The van der Waals surface area contributed by atoms with Gasteiger partial charge in [0.05, 0.1) is 0 Å². The molecule has 0 bridgehead atoms. The Morgan fingerprint density at radius 3 is 2.55 bits per heavy atom.